The molecule has 1 aromatic rings. The number of nitriles is 1. The SMILES string of the molecule is N#Cc1cc(NC(=O)C2CNC(=O)C2)ccc1F. The summed E-state index contributed by atoms with van der Waals surface area (Å²) in [5, 5.41) is 13.8. The first-order valence-corrected chi connectivity index (χ1v) is 5.37. The third kappa shape index (κ3) is 2.46. The van der Waals surface area contributed by atoms with E-state index in [0.717, 1.165) is 6.07 Å². The molecule has 0 aromatic heterocycles. The van der Waals surface area contributed by atoms with Gasteiger partial charge >= 0.3 is 0 Å². The van der Waals surface area contributed by atoms with Crippen molar-refractivity contribution in [2.24, 2.45) is 5.92 Å². The number of rotatable bonds is 2. The van der Waals surface area contributed by atoms with Crippen LogP contribution in [-0.4, -0.2) is 18.4 Å². The molecule has 1 saturated heterocycles. The van der Waals surface area contributed by atoms with E-state index in [4.69, 9.17) is 5.26 Å². The average Bonchev–Trinajstić information content (AvgIpc) is 2.78. The lowest BCUT2D eigenvalue weighted by Crippen LogP contribution is -2.24. The maximum atomic E-state index is 13.1. The molecule has 1 aromatic carbocycles. The second-order valence-electron chi connectivity index (χ2n) is 4.00. The Kier molecular flexibility index (Phi) is 3.24. The summed E-state index contributed by atoms with van der Waals surface area (Å²) in [6.45, 7) is 0.303. The van der Waals surface area contributed by atoms with Gasteiger partial charge in [-0.2, -0.15) is 5.26 Å². The molecule has 0 radical (unpaired) electrons. The normalized spacial score (nSPS) is 18.0. The summed E-state index contributed by atoms with van der Waals surface area (Å²) < 4.78 is 13.1. The van der Waals surface area contributed by atoms with Gasteiger partial charge in [-0.15, -0.1) is 0 Å². The number of amides is 2. The molecule has 0 spiro atoms. The van der Waals surface area contributed by atoms with E-state index >= 15 is 0 Å². The fourth-order valence-electron chi connectivity index (χ4n) is 1.72. The van der Waals surface area contributed by atoms with Gasteiger partial charge in [-0.1, -0.05) is 0 Å². The van der Waals surface area contributed by atoms with Gasteiger partial charge in [0.2, 0.25) is 11.8 Å². The molecule has 18 heavy (non-hydrogen) atoms. The summed E-state index contributed by atoms with van der Waals surface area (Å²) in [6.07, 6.45) is 0.151. The molecule has 1 heterocycles. The van der Waals surface area contributed by atoms with Gasteiger partial charge in [0.05, 0.1) is 11.5 Å². The maximum absolute atomic E-state index is 13.1. The van der Waals surface area contributed by atoms with E-state index in [1.807, 2.05) is 0 Å². The van der Waals surface area contributed by atoms with Gasteiger partial charge in [0, 0.05) is 18.7 Å². The number of hydrogen-bond donors (Lipinski definition) is 2. The molecule has 2 rings (SSSR count). The Morgan fingerprint density at radius 2 is 2.33 bits per heavy atom. The molecule has 0 aliphatic carbocycles. The number of nitrogens with zero attached hydrogens (tertiary/aromatic N) is 1. The minimum absolute atomic E-state index is 0.131. The van der Waals surface area contributed by atoms with Gasteiger partial charge in [-0.3, -0.25) is 9.59 Å². The molecule has 1 fully saturated rings. The maximum Gasteiger partial charge on any atom is 0.229 e. The smallest absolute Gasteiger partial charge is 0.229 e. The van der Waals surface area contributed by atoms with Crippen molar-refractivity contribution in [3.63, 3.8) is 0 Å². The van der Waals surface area contributed by atoms with Gasteiger partial charge < -0.3 is 10.6 Å². The van der Waals surface area contributed by atoms with Gasteiger partial charge in [0.25, 0.3) is 0 Å². The Hall–Kier alpha value is -2.42. The van der Waals surface area contributed by atoms with Crippen LogP contribution in [0.15, 0.2) is 18.2 Å². The van der Waals surface area contributed by atoms with E-state index in [0.29, 0.717) is 12.2 Å². The quantitative estimate of drug-likeness (QED) is 0.809. The van der Waals surface area contributed by atoms with Crippen LogP contribution in [0.5, 0.6) is 0 Å². The number of hydrogen-bond acceptors (Lipinski definition) is 3. The first-order chi connectivity index (χ1) is 8.60. The molecule has 1 aliphatic rings. The van der Waals surface area contributed by atoms with E-state index in [1.165, 1.54) is 12.1 Å². The molecular weight excluding hydrogens is 237 g/mol. The molecule has 2 amide bonds. The first-order valence-electron chi connectivity index (χ1n) is 5.37. The molecule has 5 nitrogen and oxygen atoms in total. The van der Waals surface area contributed by atoms with Crippen LogP contribution in [-0.2, 0) is 9.59 Å². The third-order valence-corrected chi connectivity index (χ3v) is 2.70. The van der Waals surface area contributed by atoms with Crippen LogP contribution < -0.4 is 10.6 Å². The topological polar surface area (TPSA) is 82.0 Å². The monoisotopic (exact) mass is 247 g/mol. The Morgan fingerprint density at radius 1 is 1.56 bits per heavy atom. The summed E-state index contributed by atoms with van der Waals surface area (Å²) in [6, 6.07) is 5.44. The van der Waals surface area contributed by atoms with Crippen molar-refractivity contribution < 1.29 is 14.0 Å². The lowest BCUT2D eigenvalue weighted by molar-refractivity contribution is -0.123. The highest BCUT2D eigenvalue weighted by Crippen LogP contribution is 2.16. The fraction of sp³-hybridized carbons (Fsp3) is 0.250. The lowest BCUT2D eigenvalue weighted by Gasteiger charge is -2.09. The lowest BCUT2D eigenvalue weighted by atomic mass is 10.1. The van der Waals surface area contributed by atoms with Crippen LogP contribution in [0.1, 0.15) is 12.0 Å². The molecule has 92 valence electrons. The standard InChI is InChI=1S/C12H10FN3O2/c13-10-2-1-9(3-7(10)5-14)16-12(18)8-4-11(17)15-6-8/h1-3,8H,4,6H2,(H,15,17)(H,16,18). The zero-order chi connectivity index (χ0) is 13.1. The Morgan fingerprint density at radius 3 is 2.94 bits per heavy atom. The molecule has 6 heteroatoms. The van der Waals surface area contributed by atoms with E-state index < -0.39 is 11.7 Å². The van der Waals surface area contributed by atoms with Crippen LogP contribution in [0.2, 0.25) is 0 Å². The summed E-state index contributed by atoms with van der Waals surface area (Å²) in [5.41, 5.74) is 0.214. The second kappa shape index (κ2) is 4.84. The highest BCUT2D eigenvalue weighted by atomic mass is 19.1. The van der Waals surface area contributed by atoms with Crippen molar-refractivity contribution in [1.82, 2.24) is 5.32 Å². The van der Waals surface area contributed by atoms with Gasteiger partial charge in [-0.05, 0) is 18.2 Å². The van der Waals surface area contributed by atoms with Crippen molar-refractivity contribution in [2.75, 3.05) is 11.9 Å². The van der Waals surface area contributed by atoms with Crippen molar-refractivity contribution in [3.05, 3.63) is 29.6 Å². The zero-order valence-corrected chi connectivity index (χ0v) is 9.37. The summed E-state index contributed by atoms with van der Waals surface area (Å²) in [7, 11) is 0. The van der Waals surface area contributed by atoms with Gasteiger partial charge in [0.15, 0.2) is 0 Å². The summed E-state index contributed by atoms with van der Waals surface area (Å²) >= 11 is 0. The fourth-order valence-corrected chi connectivity index (χ4v) is 1.72. The predicted molar refractivity (Wildman–Crippen MR) is 60.9 cm³/mol. The van der Waals surface area contributed by atoms with E-state index in [-0.39, 0.29) is 23.8 Å². The number of benzene rings is 1. The van der Waals surface area contributed by atoms with Crippen molar-refractivity contribution in [3.8, 4) is 6.07 Å². The molecule has 1 atom stereocenters. The molecular formula is C12H10FN3O2. The number of halogens is 1. The summed E-state index contributed by atoms with van der Waals surface area (Å²) in [4.78, 5) is 22.7. The van der Waals surface area contributed by atoms with E-state index in [1.54, 1.807) is 6.07 Å². The summed E-state index contributed by atoms with van der Waals surface area (Å²) in [5.74, 6) is -1.53. The first kappa shape index (κ1) is 12.0. The van der Waals surface area contributed by atoms with Crippen molar-refractivity contribution >= 4 is 17.5 Å². The number of carbonyl (C=O) groups is 2. The molecule has 0 saturated carbocycles. The van der Waals surface area contributed by atoms with Crippen LogP contribution in [0, 0.1) is 23.1 Å². The average molecular weight is 247 g/mol. The van der Waals surface area contributed by atoms with Crippen LogP contribution in [0.25, 0.3) is 0 Å². The Labute approximate surface area is 103 Å². The van der Waals surface area contributed by atoms with E-state index in [9.17, 15) is 14.0 Å². The molecule has 2 N–H and O–H groups in total. The van der Waals surface area contributed by atoms with Crippen molar-refractivity contribution in [1.29, 1.82) is 5.26 Å². The molecule has 1 aliphatic heterocycles. The van der Waals surface area contributed by atoms with Crippen molar-refractivity contribution in [2.45, 2.75) is 6.42 Å². The van der Waals surface area contributed by atoms with Crippen LogP contribution >= 0.6 is 0 Å². The third-order valence-electron chi connectivity index (χ3n) is 2.70. The van der Waals surface area contributed by atoms with E-state index in [2.05, 4.69) is 10.6 Å². The second-order valence-corrected chi connectivity index (χ2v) is 4.00. The number of anilines is 1. The predicted octanol–water partition coefficient (Wildman–Crippen LogP) is 0.772. The van der Waals surface area contributed by atoms with Crippen LogP contribution in [0.3, 0.4) is 0 Å². The minimum Gasteiger partial charge on any atom is -0.355 e. The van der Waals surface area contributed by atoms with Gasteiger partial charge in [-0.25, -0.2) is 4.39 Å². The zero-order valence-electron chi connectivity index (χ0n) is 9.37. The number of carbonyl (C=O) groups excluding carboxylic acids is 2. The van der Waals surface area contributed by atoms with Crippen LogP contribution in [0.4, 0.5) is 10.1 Å². The Bertz CT molecular complexity index is 551. The van der Waals surface area contributed by atoms with Gasteiger partial charge in [0.1, 0.15) is 11.9 Å². The minimum atomic E-state index is -0.631. The highest BCUT2D eigenvalue weighted by molar-refractivity contribution is 5.97. The molecule has 0 bridgehead atoms. The molecule has 1 unspecified atom stereocenters. The Balaban J connectivity index is 2.08. The number of nitrogens with one attached hydrogen (secondary N) is 2. The highest BCUT2D eigenvalue weighted by Gasteiger charge is 2.27. The largest absolute Gasteiger partial charge is 0.355 e.